The minimum Gasteiger partial charge on any atom is -0.492 e. The fraction of sp³-hybridized carbons (Fsp3) is 0.125. The Morgan fingerprint density at radius 2 is 2.12 bits per heavy atom. The predicted octanol–water partition coefficient (Wildman–Crippen LogP) is 2.73. The van der Waals surface area contributed by atoms with Crippen LogP contribution in [0.3, 0.4) is 0 Å². The van der Waals surface area contributed by atoms with Gasteiger partial charge in [-0.2, -0.15) is 0 Å². The summed E-state index contributed by atoms with van der Waals surface area (Å²) < 4.78 is 20.0. The van der Waals surface area contributed by atoms with Crippen LogP contribution in [0.15, 0.2) is 42.7 Å². The highest BCUT2D eigenvalue weighted by molar-refractivity contribution is 5.94. The third-order valence-electron chi connectivity index (χ3n) is 3.57. The molecule has 128 valence electrons. The smallest absolute Gasteiger partial charge is 0.295 e. The van der Waals surface area contributed by atoms with Crippen molar-refractivity contribution < 1.29 is 18.8 Å². The summed E-state index contributed by atoms with van der Waals surface area (Å²) in [4.78, 5) is 27.0. The third kappa shape index (κ3) is 3.11. The van der Waals surface area contributed by atoms with E-state index in [0.717, 1.165) is 0 Å². The number of ether oxygens (including phenoxy) is 1. The van der Waals surface area contributed by atoms with Gasteiger partial charge in [0.25, 0.3) is 5.69 Å². The molecular weight excluding hydrogens is 331 g/mol. The summed E-state index contributed by atoms with van der Waals surface area (Å²) in [6.07, 6.45) is 1.35. The number of hydrogen-bond acceptors (Lipinski definition) is 5. The number of rotatable bonds is 5. The molecule has 1 heterocycles. The Labute approximate surface area is 141 Å². The van der Waals surface area contributed by atoms with Gasteiger partial charge in [0.2, 0.25) is 5.91 Å². The van der Waals surface area contributed by atoms with Crippen molar-refractivity contribution in [3.63, 3.8) is 0 Å². The molecular formula is C16H13FN4O4. The fourth-order valence-electron chi connectivity index (χ4n) is 2.53. The zero-order valence-electron chi connectivity index (χ0n) is 13.1. The van der Waals surface area contributed by atoms with E-state index in [9.17, 15) is 19.3 Å². The summed E-state index contributed by atoms with van der Waals surface area (Å²) in [6.45, 7) is -0.221. The molecule has 0 saturated carbocycles. The lowest BCUT2D eigenvalue weighted by molar-refractivity contribution is -0.383. The maximum absolute atomic E-state index is 13.7. The first-order chi connectivity index (χ1) is 12.0. The molecule has 0 fully saturated rings. The molecule has 25 heavy (non-hydrogen) atoms. The molecule has 0 atom stereocenters. The number of nitrogens with zero attached hydrogens (tertiary/aromatic N) is 3. The molecule has 0 aliphatic heterocycles. The van der Waals surface area contributed by atoms with Gasteiger partial charge in [-0.3, -0.25) is 14.9 Å². The number of carbonyl (C=O) groups excluding carboxylic acids is 1. The number of amides is 1. The van der Waals surface area contributed by atoms with Crippen molar-refractivity contribution in [2.24, 2.45) is 0 Å². The number of carbonyl (C=O) groups is 1. The second-order valence-corrected chi connectivity index (χ2v) is 5.14. The highest BCUT2D eigenvalue weighted by Gasteiger charge is 2.18. The van der Waals surface area contributed by atoms with Gasteiger partial charge in [0.1, 0.15) is 12.1 Å². The van der Waals surface area contributed by atoms with E-state index < -0.39 is 16.6 Å². The van der Waals surface area contributed by atoms with Crippen molar-refractivity contribution in [1.82, 2.24) is 9.55 Å². The summed E-state index contributed by atoms with van der Waals surface area (Å²) in [5.41, 5.74) is 0.678. The van der Waals surface area contributed by atoms with Crippen molar-refractivity contribution in [1.29, 1.82) is 0 Å². The lowest BCUT2D eigenvalue weighted by Crippen LogP contribution is -2.19. The van der Waals surface area contributed by atoms with Crippen molar-refractivity contribution >= 4 is 28.3 Å². The number of aromatic nitrogens is 2. The molecule has 0 saturated heterocycles. The molecule has 0 radical (unpaired) electrons. The normalized spacial score (nSPS) is 10.6. The van der Waals surface area contributed by atoms with E-state index in [1.54, 1.807) is 6.07 Å². The first kappa shape index (κ1) is 16.4. The summed E-state index contributed by atoms with van der Waals surface area (Å²) in [6, 6.07) is 8.62. The Morgan fingerprint density at radius 3 is 2.84 bits per heavy atom. The van der Waals surface area contributed by atoms with Gasteiger partial charge in [0.15, 0.2) is 11.6 Å². The van der Waals surface area contributed by atoms with Crippen LogP contribution in [0.2, 0.25) is 0 Å². The molecule has 0 unspecified atom stereocenters. The number of nitro groups is 1. The van der Waals surface area contributed by atoms with Gasteiger partial charge >= 0.3 is 0 Å². The molecule has 3 rings (SSSR count). The lowest BCUT2D eigenvalue weighted by Gasteiger charge is -2.11. The molecule has 0 bridgehead atoms. The minimum absolute atomic E-state index is 0.0858. The Morgan fingerprint density at radius 1 is 1.36 bits per heavy atom. The van der Waals surface area contributed by atoms with Gasteiger partial charge in [0, 0.05) is 6.07 Å². The van der Waals surface area contributed by atoms with Crippen LogP contribution in [-0.4, -0.2) is 27.5 Å². The molecule has 1 amide bonds. The SMILES string of the molecule is COc1c(F)cccc1NC(=O)Cn1cnc2cccc([N+](=O)[O-])c21. The Bertz CT molecular complexity index is 970. The number of imidazole rings is 1. The van der Waals surface area contributed by atoms with Crippen LogP contribution in [0.5, 0.6) is 5.75 Å². The summed E-state index contributed by atoms with van der Waals surface area (Å²) >= 11 is 0. The number of non-ortho nitro benzene ring substituents is 1. The van der Waals surface area contributed by atoms with Crippen molar-refractivity contribution in [3.05, 3.63) is 58.7 Å². The van der Waals surface area contributed by atoms with Crippen LogP contribution in [0.1, 0.15) is 0 Å². The highest BCUT2D eigenvalue weighted by Crippen LogP contribution is 2.28. The van der Waals surface area contributed by atoms with E-state index in [-0.39, 0.29) is 29.2 Å². The number of hydrogen-bond donors (Lipinski definition) is 1. The first-order valence-electron chi connectivity index (χ1n) is 7.22. The zero-order chi connectivity index (χ0) is 18.0. The number of para-hydroxylation sites is 2. The number of nitrogens with one attached hydrogen (secondary N) is 1. The van der Waals surface area contributed by atoms with Crippen molar-refractivity contribution in [3.8, 4) is 5.75 Å². The van der Waals surface area contributed by atoms with E-state index in [1.165, 1.54) is 48.3 Å². The number of halogens is 1. The molecule has 1 N–H and O–H groups in total. The number of nitro benzene ring substituents is 1. The molecule has 0 aliphatic rings. The van der Waals surface area contributed by atoms with Crippen LogP contribution in [0, 0.1) is 15.9 Å². The van der Waals surface area contributed by atoms with E-state index in [0.29, 0.717) is 5.52 Å². The Hall–Kier alpha value is -3.49. The largest absolute Gasteiger partial charge is 0.492 e. The van der Waals surface area contributed by atoms with Gasteiger partial charge < -0.3 is 14.6 Å². The third-order valence-corrected chi connectivity index (χ3v) is 3.57. The molecule has 0 aliphatic carbocycles. The van der Waals surface area contributed by atoms with Gasteiger partial charge in [0.05, 0.1) is 29.6 Å². The van der Waals surface area contributed by atoms with E-state index in [1.807, 2.05) is 0 Å². The maximum Gasteiger partial charge on any atom is 0.295 e. The standard InChI is InChI=1S/C16H13FN4O4/c1-25-16-10(17)4-2-6-12(16)19-14(22)8-20-9-18-11-5-3-7-13(15(11)20)21(23)24/h2-7,9H,8H2,1H3,(H,19,22). The number of methoxy groups -OCH3 is 1. The van der Waals surface area contributed by atoms with Gasteiger partial charge in [-0.1, -0.05) is 12.1 Å². The lowest BCUT2D eigenvalue weighted by atomic mass is 10.2. The predicted molar refractivity (Wildman–Crippen MR) is 88.0 cm³/mol. The maximum atomic E-state index is 13.7. The molecule has 9 heteroatoms. The van der Waals surface area contributed by atoms with Crippen LogP contribution in [0.25, 0.3) is 11.0 Å². The van der Waals surface area contributed by atoms with E-state index in [4.69, 9.17) is 4.74 Å². The second kappa shape index (κ2) is 6.56. The molecule has 8 nitrogen and oxygen atoms in total. The molecule has 0 spiro atoms. The minimum atomic E-state index is -0.607. The van der Waals surface area contributed by atoms with Crippen molar-refractivity contribution in [2.45, 2.75) is 6.54 Å². The summed E-state index contributed by atoms with van der Waals surface area (Å²) in [5, 5.41) is 13.7. The average Bonchev–Trinajstić information content (AvgIpc) is 2.98. The molecule has 3 aromatic rings. The van der Waals surface area contributed by atoms with Crippen LogP contribution < -0.4 is 10.1 Å². The van der Waals surface area contributed by atoms with Gasteiger partial charge in [-0.05, 0) is 18.2 Å². The van der Waals surface area contributed by atoms with E-state index >= 15 is 0 Å². The molecule has 2 aromatic carbocycles. The van der Waals surface area contributed by atoms with E-state index in [2.05, 4.69) is 10.3 Å². The molecule has 1 aromatic heterocycles. The van der Waals surface area contributed by atoms with Crippen LogP contribution in [-0.2, 0) is 11.3 Å². The Balaban J connectivity index is 1.89. The van der Waals surface area contributed by atoms with Crippen LogP contribution >= 0.6 is 0 Å². The van der Waals surface area contributed by atoms with Gasteiger partial charge in [-0.25, -0.2) is 9.37 Å². The number of anilines is 1. The zero-order valence-corrected chi connectivity index (χ0v) is 13.1. The Kier molecular flexibility index (Phi) is 4.29. The van der Waals surface area contributed by atoms with Crippen LogP contribution in [0.4, 0.5) is 15.8 Å². The monoisotopic (exact) mass is 344 g/mol. The second-order valence-electron chi connectivity index (χ2n) is 5.14. The summed E-state index contributed by atoms with van der Waals surface area (Å²) in [7, 11) is 1.29. The summed E-state index contributed by atoms with van der Waals surface area (Å²) in [5.74, 6) is -1.19. The number of benzene rings is 2. The number of fused-ring (bicyclic) bond motifs is 1. The topological polar surface area (TPSA) is 99.3 Å². The van der Waals surface area contributed by atoms with Gasteiger partial charge in [-0.15, -0.1) is 0 Å². The first-order valence-corrected chi connectivity index (χ1v) is 7.22. The average molecular weight is 344 g/mol. The fourth-order valence-corrected chi connectivity index (χ4v) is 2.53. The van der Waals surface area contributed by atoms with Crippen molar-refractivity contribution in [2.75, 3.05) is 12.4 Å². The highest BCUT2D eigenvalue weighted by atomic mass is 19.1. The quantitative estimate of drug-likeness (QED) is 0.567.